The Hall–Kier alpha value is -1.74. The number of benzene rings is 2. The number of hydrazone groups is 1. The summed E-state index contributed by atoms with van der Waals surface area (Å²) in [5, 5.41) is 6.70. The molecule has 130 valence electrons. The molecule has 2 amide bonds. The number of carbonyl (C=O) groups is 2. The van der Waals surface area contributed by atoms with E-state index in [1.54, 1.807) is 6.21 Å². The van der Waals surface area contributed by atoms with E-state index in [1.807, 2.05) is 49.4 Å². The van der Waals surface area contributed by atoms with Crippen LogP contribution in [0.25, 0.3) is 0 Å². The first kappa shape index (κ1) is 19.6. The van der Waals surface area contributed by atoms with Crippen LogP contribution in [0.5, 0.6) is 0 Å². The van der Waals surface area contributed by atoms with Gasteiger partial charge in [0.05, 0.1) is 6.21 Å². The number of anilines is 1. The molecule has 25 heavy (non-hydrogen) atoms. The van der Waals surface area contributed by atoms with Crippen molar-refractivity contribution in [2.45, 2.75) is 19.8 Å². The van der Waals surface area contributed by atoms with Gasteiger partial charge < -0.3 is 5.32 Å². The topological polar surface area (TPSA) is 70.6 Å². The molecule has 0 aliphatic carbocycles. The van der Waals surface area contributed by atoms with Gasteiger partial charge in [0.25, 0.3) is 0 Å². The van der Waals surface area contributed by atoms with Crippen molar-refractivity contribution >= 4 is 62.2 Å². The van der Waals surface area contributed by atoms with Crippen molar-refractivity contribution in [2.24, 2.45) is 5.10 Å². The molecule has 5 nitrogen and oxygen atoms in total. The zero-order valence-corrected chi connectivity index (χ0v) is 17.3. The van der Waals surface area contributed by atoms with Gasteiger partial charge in [0.1, 0.15) is 0 Å². The molecule has 2 rings (SSSR count). The second-order valence-electron chi connectivity index (χ2n) is 5.35. The fourth-order valence-corrected chi connectivity index (χ4v) is 2.90. The minimum absolute atomic E-state index is 0.0763. The van der Waals surface area contributed by atoms with Crippen molar-refractivity contribution in [3.63, 3.8) is 0 Å². The molecule has 0 radical (unpaired) electrons. The number of carbonyl (C=O) groups excluding carboxylic acids is 2. The maximum atomic E-state index is 11.9. The summed E-state index contributed by atoms with van der Waals surface area (Å²) in [5.41, 5.74) is 5.05. The van der Waals surface area contributed by atoms with Crippen LogP contribution in [0.4, 0.5) is 5.69 Å². The largest absolute Gasteiger partial charge is 0.326 e. The minimum Gasteiger partial charge on any atom is -0.326 e. The maximum Gasteiger partial charge on any atom is 0.240 e. The van der Waals surface area contributed by atoms with Crippen LogP contribution in [0.2, 0.25) is 0 Å². The Kier molecular flexibility index (Phi) is 7.57. The monoisotopic (exact) mass is 513 g/mol. The van der Waals surface area contributed by atoms with E-state index < -0.39 is 0 Å². The van der Waals surface area contributed by atoms with Crippen LogP contribution in [0.15, 0.2) is 52.0 Å². The normalized spacial score (nSPS) is 10.7. The zero-order chi connectivity index (χ0) is 18.2. The Morgan fingerprint density at radius 3 is 2.48 bits per heavy atom. The lowest BCUT2D eigenvalue weighted by Gasteiger charge is -2.08. The number of halogens is 2. The molecule has 2 N–H and O–H groups in total. The summed E-state index contributed by atoms with van der Waals surface area (Å²) >= 11 is 5.57. The Morgan fingerprint density at radius 2 is 1.80 bits per heavy atom. The van der Waals surface area contributed by atoms with Gasteiger partial charge in [-0.25, -0.2) is 5.43 Å². The molecule has 2 aromatic rings. The van der Waals surface area contributed by atoms with E-state index in [4.69, 9.17) is 0 Å². The van der Waals surface area contributed by atoms with E-state index in [0.29, 0.717) is 0 Å². The Bertz CT molecular complexity index is 791. The van der Waals surface area contributed by atoms with Crippen LogP contribution in [0, 0.1) is 10.5 Å². The molecule has 0 saturated carbocycles. The van der Waals surface area contributed by atoms with Crippen molar-refractivity contribution in [1.29, 1.82) is 0 Å². The van der Waals surface area contributed by atoms with E-state index >= 15 is 0 Å². The van der Waals surface area contributed by atoms with Gasteiger partial charge in [0.15, 0.2) is 0 Å². The first-order valence-corrected chi connectivity index (χ1v) is 9.44. The van der Waals surface area contributed by atoms with Gasteiger partial charge in [-0.15, -0.1) is 0 Å². The molecule has 0 unspecified atom stereocenters. The highest BCUT2D eigenvalue weighted by Gasteiger charge is 2.08. The fourth-order valence-electron chi connectivity index (χ4n) is 1.99. The lowest BCUT2D eigenvalue weighted by molar-refractivity contribution is -0.124. The summed E-state index contributed by atoms with van der Waals surface area (Å²) in [7, 11) is 0. The average Bonchev–Trinajstić information content (AvgIpc) is 2.57. The lowest BCUT2D eigenvalue weighted by atomic mass is 10.2. The van der Waals surface area contributed by atoms with Crippen LogP contribution in [-0.2, 0) is 9.59 Å². The standard InChI is InChI=1S/C18H17BrIN3O2/c1-12-10-15(20)6-7-16(12)22-17(24)8-9-18(25)23-21-11-13-2-4-14(19)5-3-13/h2-7,10-11H,8-9H2,1H3,(H,22,24)(H,23,25)/b21-11-. The number of nitrogens with one attached hydrogen (secondary N) is 2. The summed E-state index contributed by atoms with van der Waals surface area (Å²) < 4.78 is 2.08. The molecule has 2 aromatic carbocycles. The Morgan fingerprint density at radius 1 is 1.12 bits per heavy atom. The highest BCUT2D eigenvalue weighted by Crippen LogP contribution is 2.18. The summed E-state index contributed by atoms with van der Waals surface area (Å²) in [6, 6.07) is 13.3. The summed E-state index contributed by atoms with van der Waals surface area (Å²) in [6.07, 6.45) is 1.73. The molecule has 0 aliphatic heterocycles. The van der Waals surface area contributed by atoms with Gasteiger partial charge in [-0.3, -0.25) is 9.59 Å². The van der Waals surface area contributed by atoms with Crippen molar-refractivity contribution in [3.8, 4) is 0 Å². The number of aryl methyl sites for hydroxylation is 1. The number of hydrogen-bond acceptors (Lipinski definition) is 3. The molecule has 0 heterocycles. The number of nitrogens with zero attached hydrogens (tertiary/aromatic N) is 1. The van der Waals surface area contributed by atoms with E-state index in [0.717, 1.165) is 24.9 Å². The maximum absolute atomic E-state index is 11.9. The fraction of sp³-hybridized carbons (Fsp3) is 0.167. The molecule has 0 saturated heterocycles. The third-order valence-corrected chi connectivity index (χ3v) is 4.51. The second kappa shape index (κ2) is 9.67. The summed E-state index contributed by atoms with van der Waals surface area (Å²) in [6.45, 7) is 1.93. The highest BCUT2D eigenvalue weighted by molar-refractivity contribution is 14.1. The molecule has 0 spiro atoms. The average molecular weight is 514 g/mol. The van der Waals surface area contributed by atoms with Crippen molar-refractivity contribution in [3.05, 3.63) is 61.6 Å². The van der Waals surface area contributed by atoms with Crippen molar-refractivity contribution in [2.75, 3.05) is 5.32 Å². The molecule has 0 aliphatic rings. The van der Waals surface area contributed by atoms with Gasteiger partial charge in [0, 0.05) is 26.6 Å². The van der Waals surface area contributed by atoms with Gasteiger partial charge >= 0.3 is 0 Å². The summed E-state index contributed by atoms with van der Waals surface area (Å²) in [4.78, 5) is 23.7. The molecule has 0 bridgehead atoms. The van der Waals surface area contributed by atoms with Crippen molar-refractivity contribution in [1.82, 2.24) is 5.43 Å². The predicted molar refractivity (Wildman–Crippen MR) is 112 cm³/mol. The van der Waals surface area contributed by atoms with Gasteiger partial charge in [0.2, 0.25) is 11.8 Å². The van der Waals surface area contributed by atoms with Crippen LogP contribution < -0.4 is 10.7 Å². The minimum atomic E-state index is -0.303. The lowest BCUT2D eigenvalue weighted by Crippen LogP contribution is -2.20. The van der Waals surface area contributed by atoms with Crippen LogP contribution in [-0.4, -0.2) is 18.0 Å². The second-order valence-corrected chi connectivity index (χ2v) is 7.51. The number of hydrogen-bond donors (Lipinski definition) is 2. The molecular weight excluding hydrogens is 497 g/mol. The van der Waals surface area contributed by atoms with E-state index in [9.17, 15) is 9.59 Å². The quantitative estimate of drug-likeness (QED) is 0.344. The SMILES string of the molecule is Cc1cc(I)ccc1NC(=O)CCC(=O)N/N=C\c1ccc(Br)cc1. The molecule has 7 heteroatoms. The Balaban J connectivity index is 1.75. The molecule has 0 aromatic heterocycles. The predicted octanol–water partition coefficient (Wildman–Crippen LogP) is 4.23. The molecule has 0 fully saturated rings. The third-order valence-electron chi connectivity index (χ3n) is 3.31. The first-order valence-electron chi connectivity index (χ1n) is 7.57. The van der Waals surface area contributed by atoms with Gasteiger partial charge in [-0.1, -0.05) is 28.1 Å². The highest BCUT2D eigenvalue weighted by atomic mass is 127. The van der Waals surface area contributed by atoms with Crippen molar-refractivity contribution < 1.29 is 9.59 Å². The summed E-state index contributed by atoms with van der Waals surface area (Å²) in [5.74, 6) is -0.501. The molecular formula is C18H17BrIN3O2. The Labute approximate surface area is 168 Å². The third kappa shape index (κ3) is 6.95. The zero-order valence-electron chi connectivity index (χ0n) is 13.6. The van der Waals surface area contributed by atoms with Gasteiger partial charge in [-0.05, 0) is 71.0 Å². The van der Waals surface area contributed by atoms with Crippen LogP contribution in [0.3, 0.4) is 0 Å². The van der Waals surface area contributed by atoms with Gasteiger partial charge in [-0.2, -0.15) is 5.10 Å². The number of rotatable bonds is 6. The van der Waals surface area contributed by atoms with Crippen LogP contribution in [0.1, 0.15) is 24.0 Å². The van der Waals surface area contributed by atoms with E-state index in [2.05, 4.69) is 54.4 Å². The van der Waals surface area contributed by atoms with E-state index in [-0.39, 0.29) is 24.7 Å². The number of amides is 2. The first-order chi connectivity index (χ1) is 11.9. The smallest absolute Gasteiger partial charge is 0.240 e. The van der Waals surface area contributed by atoms with E-state index in [1.165, 1.54) is 0 Å². The molecule has 0 atom stereocenters. The van der Waals surface area contributed by atoms with Crippen LogP contribution >= 0.6 is 38.5 Å².